The lowest BCUT2D eigenvalue weighted by atomic mass is 9.90. The smallest absolute Gasteiger partial charge is 0.364 e. The molecule has 10 aliphatic heterocycles. The Labute approximate surface area is 741 Å². The number of carboxylic acid groups (broad SMARTS) is 1. The van der Waals surface area contributed by atoms with E-state index in [0.29, 0.717) is 0 Å². The zero-order chi connectivity index (χ0) is 96.9. The van der Waals surface area contributed by atoms with Crippen LogP contribution in [-0.2, 0) is 119 Å². The van der Waals surface area contributed by atoms with Crippen LogP contribution in [0.15, 0.2) is 0 Å². The summed E-state index contributed by atoms with van der Waals surface area (Å²) in [5.74, 6) is -9.95. The molecule has 0 aromatic carbocycles. The van der Waals surface area contributed by atoms with E-state index in [-0.39, 0.29) is 0 Å². The Hall–Kier alpha value is -5.02. The van der Waals surface area contributed by atoms with Crippen LogP contribution in [0.4, 0.5) is 0 Å². The van der Waals surface area contributed by atoms with Crippen molar-refractivity contribution in [2.75, 3.05) is 59.5 Å². The van der Waals surface area contributed by atoms with Crippen molar-refractivity contribution in [1.82, 2.24) is 26.6 Å². The second-order valence-corrected chi connectivity index (χ2v) is 33.2. The van der Waals surface area contributed by atoms with Gasteiger partial charge in [0, 0.05) is 41.0 Å². The first-order chi connectivity index (χ1) is 61.7. The number of rotatable bonds is 35. The average Bonchev–Trinajstić information content (AvgIpc) is 0.765. The highest BCUT2D eigenvalue weighted by molar-refractivity contribution is 5.76. The van der Waals surface area contributed by atoms with Crippen LogP contribution in [0.3, 0.4) is 0 Å². The van der Waals surface area contributed by atoms with E-state index in [1.54, 1.807) is 0 Å². The summed E-state index contributed by atoms with van der Waals surface area (Å²) in [6, 6.07) is -9.68. The molecule has 0 spiro atoms. The zero-order valence-corrected chi connectivity index (χ0v) is 70.7. The molecule has 10 saturated heterocycles. The lowest BCUT2D eigenvalue weighted by molar-refractivity contribution is -0.398. The van der Waals surface area contributed by atoms with Crippen molar-refractivity contribution in [3.05, 3.63) is 0 Å². The van der Waals surface area contributed by atoms with Crippen molar-refractivity contribution in [1.29, 1.82) is 0 Å². The predicted octanol–water partition coefficient (Wildman–Crippen LogP) is -21.9. The highest BCUT2D eigenvalue weighted by atomic mass is 16.8. The molecule has 58 nitrogen and oxygen atoms in total. The van der Waals surface area contributed by atoms with E-state index in [1.165, 1.54) is 6.92 Å². The monoisotopic (exact) mass is 1920 g/mol. The fourth-order valence-electron chi connectivity index (χ4n) is 16.7. The first-order valence-electron chi connectivity index (χ1n) is 41.6. The molecule has 0 aromatic heterocycles. The van der Waals surface area contributed by atoms with Gasteiger partial charge in [-0.1, -0.05) is 0 Å². The standard InChI is InChI=1S/C73H121N5O53/c1-17-38(92)51(105)54(108)68(116-17)113-15-32-58(48(102)33(63(110)117-32)74-18(2)85)126-66-36(77-21(5)88)50(104)57(29(13-84)121-66)127-69-55(109)59(45(99)30(124-69)14-114-70-61(52(106)42(96)26(10-81)119-70)129-64-34(75-19(3)86)46(100)41(95)25(9-80)118-64)128-71-62(53(107)43(97)27(11-82)120-71)130-67-37(78-22(6)89)49(103)56(28(12-83)122-67)125-65-35(76-20(4)87)47(101)44(98)31(123-65)16-115-73(72(111)112)7-23(90)39(93)60(131-73)40(94)24(91)8-79/h17,23-71,79-84,90-110H,7-16H2,1-6H3,(H,74,85)(H,75,86)(H,76,87)(H,77,88)(H,78,89)(H,111,112)/t17-,23-,24+,25+,26+,27+,28+,29+,30+,31+,32+,33+,34+,35+,36+,37-,38+,39+,40+,41+,42+,43+,44-,45+,46+,47+,48+,49+,50+,51+,52-,53-,54-,55-,56+,57+,58+,59-,60+,61-,62-,63+,64-,65-,66-,67-,68+,69-,70-,71+,73+/m0/s1. The number of carbonyl (C=O) groups excluding carboxylic acids is 5. The molecule has 0 aromatic rings. The van der Waals surface area contributed by atoms with E-state index in [0.717, 1.165) is 34.6 Å². The number of hydrogen-bond acceptors (Lipinski definition) is 52. The number of carboxylic acids is 1. The van der Waals surface area contributed by atoms with Crippen molar-refractivity contribution in [2.24, 2.45) is 0 Å². The molecular weight excluding hydrogens is 1790 g/mol. The van der Waals surface area contributed by atoms with Crippen molar-refractivity contribution in [3.8, 4) is 0 Å². The van der Waals surface area contributed by atoms with E-state index in [1.807, 2.05) is 0 Å². The van der Waals surface area contributed by atoms with E-state index in [4.69, 9.17) is 90.0 Å². The zero-order valence-electron chi connectivity index (χ0n) is 70.7. The normalized spacial score (nSPS) is 47.5. The number of aliphatic carboxylic acids is 1. The van der Waals surface area contributed by atoms with E-state index >= 15 is 0 Å². The van der Waals surface area contributed by atoms with E-state index < -0.39 is 414 Å². The third kappa shape index (κ3) is 24.3. The van der Waals surface area contributed by atoms with Crippen molar-refractivity contribution in [2.45, 2.75) is 360 Å². The Morgan fingerprint density at radius 2 is 0.679 bits per heavy atom. The molecule has 0 radical (unpaired) electrons. The quantitative estimate of drug-likeness (QED) is 0.0280. The minimum absolute atomic E-state index is 0.856. The number of hydrogen-bond donors (Lipinski definition) is 33. The lowest BCUT2D eigenvalue weighted by Gasteiger charge is -2.51. The van der Waals surface area contributed by atoms with Gasteiger partial charge in [0.05, 0.1) is 71.7 Å². The topological polar surface area (TPSA) is 904 Å². The van der Waals surface area contributed by atoms with Crippen LogP contribution >= 0.6 is 0 Å². The van der Waals surface area contributed by atoms with Gasteiger partial charge in [0.1, 0.15) is 238 Å². The molecule has 10 heterocycles. The number of amides is 5. The van der Waals surface area contributed by atoms with Gasteiger partial charge in [0.15, 0.2) is 56.6 Å². The van der Waals surface area contributed by atoms with Gasteiger partial charge in [0.2, 0.25) is 29.5 Å². The Balaban J connectivity index is 0.974. The van der Waals surface area contributed by atoms with Crippen LogP contribution in [0, 0.1) is 0 Å². The van der Waals surface area contributed by atoms with Crippen LogP contribution in [-0.4, -0.2) is 550 Å². The minimum atomic E-state index is -3.12. The molecule has 10 fully saturated rings. The Bertz CT molecular complexity index is 3670. The molecule has 58 heteroatoms. The molecule has 33 N–H and O–H groups in total. The van der Waals surface area contributed by atoms with Crippen LogP contribution in [0.2, 0.25) is 0 Å². The molecule has 10 rings (SSSR count). The fourth-order valence-corrected chi connectivity index (χ4v) is 16.7. The predicted molar refractivity (Wildman–Crippen MR) is 403 cm³/mol. The summed E-state index contributed by atoms with van der Waals surface area (Å²) in [5.41, 5.74) is 0. The maximum absolute atomic E-state index is 13.3. The first-order valence-corrected chi connectivity index (χ1v) is 41.6. The summed E-state index contributed by atoms with van der Waals surface area (Å²) < 4.78 is 113. The fraction of sp³-hybridized carbons (Fsp3) is 0.918. The third-order valence-corrected chi connectivity index (χ3v) is 23.8. The summed E-state index contributed by atoms with van der Waals surface area (Å²) in [7, 11) is 0. The second-order valence-electron chi connectivity index (χ2n) is 33.2. The van der Waals surface area contributed by atoms with Gasteiger partial charge >= 0.3 is 5.97 Å². The highest BCUT2D eigenvalue weighted by Gasteiger charge is 2.63. The molecule has 0 aliphatic carbocycles. The SMILES string of the molecule is CC(=O)N[C@@H]1[C@H](O[C@@H]2[C@@H](O[C@@H]3[C@H](O)[C@H](O[C@H]4[C@H](O)[C@@H](NC(C)=O)[C@H](O[C@H]5[C@H](O)[C@@H](NC(C)=O)[C@H](O)O[C@@H]5CO[C@@H]5O[C@@H](C)[C@@H](O)[C@@H](O)[C@@H]5O)O[C@@H]4CO)O[C@H](CO[C@H]4O[C@H](CO)[C@@H](O)[C@H](O)[C@@H]4O[C@@H]4O[C@H](CO)[C@@H](O)[C@H](O)[C@H]4NC(C)=O)[C@H]3O)O[C@H](CO)[C@@H](O)[C@@H]2O)O[C@H](CO)[C@@H](O[C@@H]2O[C@H](CO[C@]3(C(=O)O)C[C@H](O)[C@@H](O)[C@H]([C@H](O)[C@H](O)CO)O3)[C@H](O)[C@H](O)[C@H]2NC(C)=O)[C@@H]1O. The number of ether oxygens (including phenoxy) is 19. The Morgan fingerprint density at radius 3 is 1.14 bits per heavy atom. The maximum Gasteiger partial charge on any atom is 0.364 e. The average molecular weight is 1920 g/mol. The molecule has 0 unspecified atom stereocenters. The largest absolute Gasteiger partial charge is 0.477 e. The lowest BCUT2D eigenvalue weighted by Crippen LogP contribution is -2.71. The summed E-state index contributed by atoms with van der Waals surface area (Å²) in [6.07, 6.45) is -97.4. The highest BCUT2D eigenvalue weighted by Crippen LogP contribution is 2.42. The van der Waals surface area contributed by atoms with Crippen LogP contribution in [0.25, 0.3) is 0 Å². The van der Waals surface area contributed by atoms with E-state index in [2.05, 4.69) is 26.6 Å². The summed E-state index contributed by atoms with van der Waals surface area (Å²) in [5, 5.41) is 325. The van der Waals surface area contributed by atoms with E-state index in [9.17, 15) is 172 Å². The van der Waals surface area contributed by atoms with Gasteiger partial charge < -0.3 is 260 Å². The molecular formula is C73H121N5O53. The summed E-state index contributed by atoms with van der Waals surface area (Å²) >= 11 is 0. The van der Waals surface area contributed by atoms with Crippen LogP contribution < -0.4 is 26.6 Å². The van der Waals surface area contributed by atoms with Gasteiger partial charge in [-0.15, -0.1) is 0 Å². The molecule has 10 aliphatic rings. The number of carbonyl (C=O) groups is 6. The van der Waals surface area contributed by atoms with Crippen LogP contribution in [0.1, 0.15) is 48.0 Å². The van der Waals surface area contributed by atoms with Crippen molar-refractivity contribution >= 4 is 35.5 Å². The summed E-state index contributed by atoms with van der Waals surface area (Å²) in [4.78, 5) is 77.3. The number of aliphatic hydroxyl groups excluding tert-OH is 27. The Morgan fingerprint density at radius 1 is 0.328 bits per heavy atom. The van der Waals surface area contributed by atoms with Gasteiger partial charge in [-0.05, 0) is 6.92 Å². The molecule has 51 atom stereocenters. The van der Waals surface area contributed by atoms with Gasteiger partial charge in [-0.2, -0.15) is 0 Å². The Kier molecular flexibility index (Phi) is 38.4. The molecule has 0 bridgehead atoms. The molecule has 0 saturated carbocycles. The minimum Gasteiger partial charge on any atom is -0.477 e. The maximum atomic E-state index is 13.3. The third-order valence-electron chi connectivity index (χ3n) is 23.8. The molecule has 131 heavy (non-hydrogen) atoms. The van der Waals surface area contributed by atoms with Crippen molar-refractivity contribution in [3.63, 3.8) is 0 Å². The second kappa shape index (κ2) is 46.6. The van der Waals surface area contributed by atoms with Gasteiger partial charge in [0.25, 0.3) is 5.79 Å². The van der Waals surface area contributed by atoms with Crippen LogP contribution in [0.5, 0.6) is 0 Å². The van der Waals surface area contributed by atoms with Gasteiger partial charge in [-0.3, -0.25) is 24.0 Å². The molecule has 756 valence electrons. The number of nitrogens with one attached hydrogen (secondary N) is 5. The first kappa shape index (κ1) is 108. The van der Waals surface area contributed by atoms with Crippen molar-refractivity contribution < 1.29 is 262 Å². The number of aliphatic hydroxyl groups is 27. The van der Waals surface area contributed by atoms with Gasteiger partial charge in [-0.25, -0.2) is 4.79 Å². The molecule has 5 amide bonds. The summed E-state index contributed by atoms with van der Waals surface area (Å²) in [6.45, 7) is -4.54.